The predicted molar refractivity (Wildman–Crippen MR) is 118 cm³/mol. The zero-order chi connectivity index (χ0) is 23.2. The van der Waals surface area contributed by atoms with Crippen molar-refractivity contribution in [3.05, 3.63) is 87.9 Å². The number of hydrogen-bond donors (Lipinski definition) is 1. The van der Waals surface area contributed by atoms with Gasteiger partial charge in [-0.3, -0.25) is 14.5 Å². The summed E-state index contributed by atoms with van der Waals surface area (Å²) in [5, 5.41) is 15.5. The predicted octanol–water partition coefficient (Wildman–Crippen LogP) is 5.39. The first-order valence-corrected chi connectivity index (χ1v) is 10.3. The molecule has 1 amide bonds. The van der Waals surface area contributed by atoms with E-state index in [2.05, 4.69) is 5.16 Å². The smallest absolute Gasteiger partial charge is 0.301 e. The number of rotatable bonds is 3. The highest BCUT2D eigenvalue weighted by Gasteiger charge is 2.48. The van der Waals surface area contributed by atoms with Crippen molar-refractivity contribution in [2.24, 2.45) is 0 Å². The molecule has 0 unspecified atom stereocenters. The van der Waals surface area contributed by atoms with E-state index in [-0.39, 0.29) is 22.6 Å². The van der Waals surface area contributed by atoms with E-state index in [1.54, 1.807) is 30.3 Å². The summed E-state index contributed by atoms with van der Waals surface area (Å²) in [4.78, 5) is 27.3. The molecule has 4 rings (SSSR count). The maximum atomic E-state index is 13.6. The van der Waals surface area contributed by atoms with Gasteiger partial charge in [0, 0.05) is 22.1 Å². The summed E-state index contributed by atoms with van der Waals surface area (Å²) in [6.07, 6.45) is 0. The lowest BCUT2D eigenvalue weighted by atomic mass is 9.93. The maximum absolute atomic E-state index is 13.6. The van der Waals surface area contributed by atoms with Gasteiger partial charge in [-0.1, -0.05) is 49.7 Å². The molecule has 164 valence electrons. The third kappa shape index (κ3) is 3.80. The van der Waals surface area contributed by atoms with Gasteiger partial charge in [0.25, 0.3) is 5.78 Å². The summed E-state index contributed by atoms with van der Waals surface area (Å²) in [6, 6.07) is 12.1. The van der Waals surface area contributed by atoms with Crippen molar-refractivity contribution >= 4 is 34.9 Å². The Morgan fingerprint density at radius 1 is 1.09 bits per heavy atom. The van der Waals surface area contributed by atoms with Gasteiger partial charge < -0.3 is 9.63 Å². The quantitative estimate of drug-likeness (QED) is 0.326. The number of benzene rings is 2. The Morgan fingerprint density at radius 2 is 1.72 bits per heavy atom. The Kier molecular flexibility index (Phi) is 5.38. The maximum Gasteiger partial charge on any atom is 0.301 e. The second-order valence-corrected chi connectivity index (χ2v) is 8.96. The van der Waals surface area contributed by atoms with Gasteiger partial charge >= 0.3 is 5.91 Å². The second kappa shape index (κ2) is 7.91. The Bertz CT molecular complexity index is 1220. The number of ketones is 1. The molecule has 0 bridgehead atoms. The minimum Gasteiger partial charge on any atom is -0.507 e. The van der Waals surface area contributed by atoms with Gasteiger partial charge in [0.15, 0.2) is 5.82 Å². The number of aromatic nitrogens is 1. The van der Waals surface area contributed by atoms with E-state index in [1.807, 2.05) is 20.8 Å². The fraction of sp³-hybridized carbons (Fsp3) is 0.208. The minimum absolute atomic E-state index is 0.126. The molecule has 2 aromatic carbocycles. The Morgan fingerprint density at radius 3 is 2.28 bits per heavy atom. The van der Waals surface area contributed by atoms with E-state index in [9.17, 15) is 19.1 Å². The minimum atomic E-state index is -1.02. The van der Waals surface area contributed by atoms with Crippen LogP contribution >= 0.6 is 11.6 Å². The molecule has 0 radical (unpaired) electrons. The molecular weight excluding hydrogens is 435 g/mol. The first-order chi connectivity index (χ1) is 15.1. The SMILES string of the molecule is CC(C)(C)c1cc(N2C(=O)C(=O)C(=C(O)c3ccc(Cl)cc3)[C@@H]2c2ccc(F)cc2)no1. The summed E-state index contributed by atoms with van der Waals surface area (Å²) >= 11 is 5.93. The van der Waals surface area contributed by atoms with Crippen molar-refractivity contribution in [2.75, 3.05) is 4.90 Å². The molecule has 0 saturated carbocycles. The number of hydrogen-bond acceptors (Lipinski definition) is 5. The molecule has 1 aliphatic heterocycles. The first-order valence-electron chi connectivity index (χ1n) is 9.87. The highest BCUT2D eigenvalue weighted by atomic mass is 35.5. The summed E-state index contributed by atoms with van der Waals surface area (Å²) < 4.78 is 19.0. The van der Waals surface area contributed by atoms with Gasteiger partial charge in [-0.25, -0.2) is 4.39 Å². The number of nitrogens with zero attached hydrogens (tertiary/aromatic N) is 2. The van der Waals surface area contributed by atoms with E-state index >= 15 is 0 Å². The van der Waals surface area contributed by atoms with Crippen LogP contribution in [0, 0.1) is 5.82 Å². The Hall–Kier alpha value is -3.45. The molecule has 3 aromatic rings. The highest BCUT2D eigenvalue weighted by Crippen LogP contribution is 2.42. The molecule has 1 fully saturated rings. The topological polar surface area (TPSA) is 83.6 Å². The van der Waals surface area contributed by atoms with Crippen LogP contribution in [0.1, 0.15) is 43.7 Å². The van der Waals surface area contributed by atoms with Crippen molar-refractivity contribution < 1.29 is 23.6 Å². The fourth-order valence-electron chi connectivity index (χ4n) is 3.53. The summed E-state index contributed by atoms with van der Waals surface area (Å²) in [6.45, 7) is 5.76. The van der Waals surface area contributed by atoms with E-state index in [0.717, 1.165) is 4.90 Å². The lowest BCUT2D eigenvalue weighted by Gasteiger charge is -2.23. The van der Waals surface area contributed by atoms with Crippen LogP contribution in [0.25, 0.3) is 5.76 Å². The van der Waals surface area contributed by atoms with Crippen LogP contribution in [0.3, 0.4) is 0 Å². The highest BCUT2D eigenvalue weighted by molar-refractivity contribution is 6.51. The molecule has 2 heterocycles. The van der Waals surface area contributed by atoms with Gasteiger partial charge in [0.1, 0.15) is 17.3 Å². The molecule has 1 N–H and O–H groups in total. The van der Waals surface area contributed by atoms with Crippen molar-refractivity contribution in [1.29, 1.82) is 0 Å². The van der Waals surface area contributed by atoms with Gasteiger partial charge in [0.2, 0.25) is 0 Å². The molecule has 0 aliphatic carbocycles. The normalized spacial score (nSPS) is 18.4. The molecular formula is C24H20ClFN2O4. The van der Waals surface area contributed by atoms with Crippen LogP contribution in [0.15, 0.2) is 64.7 Å². The molecule has 6 nitrogen and oxygen atoms in total. The Balaban J connectivity index is 1.91. The molecule has 32 heavy (non-hydrogen) atoms. The third-order valence-corrected chi connectivity index (χ3v) is 5.48. The molecule has 1 aliphatic rings. The lowest BCUT2D eigenvalue weighted by molar-refractivity contribution is -0.132. The van der Waals surface area contributed by atoms with Crippen molar-refractivity contribution in [1.82, 2.24) is 5.16 Å². The van der Waals surface area contributed by atoms with E-state index in [0.29, 0.717) is 21.9 Å². The van der Waals surface area contributed by atoms with Crippen LogP contribution in [-0.4, -0.2) is 22.0 Å². The number of Topliss-reactive ketones (excluding diaryl/α,β-unsaturated/α-hetero) is 1. The monoisotopic (exact) mass is 454 g/mol. The fourth-order valence-corrected chi connectivity index (χ4v) is 3.65. The summed E-state index contributed by atoms with van der Waals surface area (Å²) in [5.41, 5.74) is 0.230. The number of aliphatic hydroxyl groups excluding tert-OH is 1. The van der Waals surface area contributed by atoms with Crippen LogP contribution in [0.5, 0.6) is 0 Å². The number of carbonyl (C=O) groups excluding carboxylic acids is 2. The van der Waals surface area contributed by atoms with Crippen molar-refractivity contribution in [3.63, 3.8) is 0 Å². The van der Waals surface area contributed by atoms with Crippen molar-refractivity contribution in [2.45, 2.75) is 32.2 Å². The van der Waals surface area contributed by atoms with Gasteiger partial charge in [-0.05, 0) is 42.0 Å². The second-order valence-electron chi connectivity index (χ2n) is 8.53. The van der Waals surface area contributed by atoms with Crippen LogP contribution in [-0.2, 0) is 15.0 Å². The lowest BCUT2D eigenvalue weighted by Crippen LogP contribution is -2.29. The molecule has 8 heteroatoms. The Labute approximate surface area is 188 Å². The van der Waals surface area contributed by atoms with Gasteiger partial charge in [-0.15, -0.1) is 0 Å². The largest absolute Gasteiger partial charge is 0.507 e. The molecule has 0 spiro atoms. The van der Waals surface area contributed by atoms with Crippen molar-refractivity contribution in [3.8, 4) is 0 Å². The third-order valence-electron chi connectivity index (χ3n) is 5.23. The number of carbonyl (C=O) groups is 2. The van der Waals surface area contributed by atoms with Crippen LogP contribution in [0.2, 0.25) is 5.02 Å². The number of amides is 1. The van der Waals surface area contributed by atoms with E-state index in [1.165, 1.54) is 24.3 Å². The number of anilines is 1. The summed E-state index contributed by atoms with van der Waals surface area (Å²) in [7, 11) is 0. The molecule has 1 saturated heterocycles. The number of halogens is 2. The van der Waals surface area contributed by atoms with Gasteiger partial charge in [-0.2, -0.15) is 0 Å². The number of aliphatic hydroxyl groups is 1. The van der Waals surface area contributed by atoms with Crippen LogP contribution < -0.4 is 4.90 Å². The van der Waals surface area contributed by atoms with Crippen LogP contribution in [0.4, 0.5) is 10.2 Å². The molecule has 1 atom stereocenters. The first kappa shape index (κ1) is 21.8. The van der Waals surface area contributed by atoms with Gasteiger partial charge in [0.05, 0.1) is 11.6 Å². The average molecular weight is 455 g/mol. The van der Waals surface area contributed by atoms with E-state index < -0.39 is 23.5 Å². The average Bonchev–Trinajstić information content (AvgIpc) is 3.32. The molecule has 1 aromatic heterocycles. The standard InChI is InChI=1S/C24H20ClFN2O4/c1-24(2,3)17-12-18(27-32-17)28-20(13-6-10-16(26)11-7-13)19(22(30)23(28)31)21(29)14-4-8-15(25)9-5-14/h4-12,20,29H,1-3H3/t20-/m0/s1. The summed E-state index contributed by atoms with van der Waals surface area (Å²) in [5.74, 6) is -1.95. The van der Waals surface area contributed by atoms with E-state index in [4.69, 9.17) is 16.1 Å². The zero-order valence-electron chi connectivity index (χ0n) is 17.6. The zero-order valence-corrected chi connectivity index (χ0v) is 18.4.